The zero-order valence-corrected chi connectivity index (χ0v) is 12.5. The summed E-state index contributed by atoms with van der Waals surface area (Å²) in [6.45, 7) is 11.1. The first-order chi connectivity index (χ1) is 9.33. The number of hydrogen-bond acceptors (Lipinski definition) is 3. The molecule has 0 atom stereocenters. The smallest absolute Gasteiger partial charge is 0.0193 e. The highest BCUT2D eigenvalue weighted by atomic mass is 15.2. The van der Waals surface area contributed by atoms with Crippen molar-refractivity contribution in [3.05, 3.63) is 11.1 Å². The van der Waals surface area contributed by atoms with Crippen molar-refractivity contribution in [2.45, 2.75) is 45.1 Å². The van der Waals surface area contributed by atoms with E-state index >= 15 is 0 Å². The lowest BCUT2D eigenvalue weighted by atomic mass is 9.98. The first-order valence-electron chi connectivity index (χ1n) is 8.17. The van der Waals surface area contributed by atoms with Gasteiger partial charge in [0, 0.05) is 25.7 Å². The Balaban J connectivity index is 1.44. The fraction of sp³-hybridized carbons (Fsp3) is 0.875. The van der Waals surface area contributed by atoms with Crippen LogP contribution in [0.3, 0.4) is 0 Å². The Hall–Kier alpha value is -0.380. The molecule has 3 aliphatic rings. The number of piperidine rings is 2. The van der Waals surface area contributed by atoms with Gasteiger partial charge in [-0.3, -0.25) is 4.90 Å². The lowest BCUT2D eigenvalue weighted by Gasteiger charge is -2.40. The van der Waals surface area contributed by atoms with Crippen LogP contribution < -0.4 is 5.32 Å². The summed E-state index contributed by atoms with van der Waals surface area (Å²) in [6.07, 6.45) is 7.09. The molecule has 0 amide bonds. The average molecular weight is 263 g/mol. The molecule has 3 nitrogen and oxygen atoms in total. The second-order valence-electron chi connectivity index (χ2n) is 6.59. The van der Waals surface area contributed by atoms with Crippen molar-refractivity contribution in [1.29, 1.82) is 0 Å². The summed E-state index contributed by atoms with van der Waals surface area (Å²) in [5, 5.41) is 3.35. The molecule has 0 aromatic rings. The highest BCUT2D eigenvalue weighted by molar-refractivity contribution is 5.22. The van der Waals surface area contributed by atoms with Crippen molar-refractivity contribution in [3.8, 4) is 0 Å². The van der Waals surface area contributed by atoms with Gasteiger partial charge in [-0.2, -0.15) is 0 Å². The molecule has 3 heteroatoms. The van der Waals surface area contributed by atoms with Gasteiger partial charge in [0.15, 0.2) is 0 Å². The Morgan fingerprint density at radius 1 is 1.05 bits per heavy atom. The number of nitrogens with one attached hydrogen (secondary N) is 1. The molecule has 0 unspecified atom stereocenters. The van der Waals surface area contributed by atoms with Crippen molar-refractivity contribution in [2.24, 2.45) is 0 Å². The van der Waals surface area contributed by atoms with Crippen molar-refractivity contribution in [2.75, 3.05) is 45.8 Å². The maximum absolute atomic E-state index is 3.35. The molecule has 3 aliphatic heterocycles. The summed E-state index contributed by atoms with van der Waals surface area (Å²) in [4.78, 5) is 5.43. The largest absolute Gasteiger partial charge is 0.309 e. The predicted molar refractivity (Wildman–Crippen MR) is 80.5 cm³/mol. The van der Waals surface area contributed by atoms with Crippen molar-refractivity contribution in [3.63, 3.8) is 0 Å². The molecular formula is C16H29N3. The van der Waals surface area contributed by atoms with Crippen LogP contribution in [0.5, 0.6) is 0 Å². The van der Waals surface area contributed by atoms with Crippen LogP contribution in [0.15, 0.2) is 11.1 Å². The van der Waals surface area contributed by atoms with E-state index in [-0.39, 0.29) is 0 Å². The van der Waals surface area contributed by atoms with Crippen molar-refractivity contribution >= 4 is 0 Å². The van der Waals surface area contributed by atoms with Gasteiger partial charge in [0.2, 0.25) is 0 Å². The van der Waals surface area contributed by atoms with Gasteiger partial charge >= 0.3 is 0 Å². The van der Waals surface area contributed by atoms with Gasteiger partial charge in [-0.15, -0.1) is 0 Å². The van der Waals surface area contributed by atoms with Crippen LogP contribution in [0.2, 0.25) is 0 Å². The molecule has 108 valence electrons. The van der Waals surface area contributed by atoms with E-state index in [1.54, 1.807) is 11.1 Å². The SMILES string of the molecule is CC(CN1CCC(N2CCCCC2)CC1)=C1CNC1. The minimum atomic E-state index is 0.884. The number of nitrogens with zero attached hydrogens (tertiary/aromatic N) is 2. The Morgan fingerprint density at radius 2 is 1.74 bits per heavy atom. The topological polar surface area (TPSA) is 18.5 Å². The van der Waals surface area contributed by atoms with Crippen LogP contribution in [0, 0.1) is 0 Å². The Morgan fingerprint density at radius 3 is 2.32 bits per heavy atom. The highest BCUT2D eigenvalue weighted by Crippen LogP contribution is 2.21. The summed E-state index contributed by atoms with van der Waals surface area (Å²) in [7, 11) is 0. The molecule has 3 fully saturated rings. The van der Waals surface area contributed by atoms with E-state index in [4.69, 9.17) is 0 Å². The third-order valence-electron chi connectivity index (χ3n) is 5.21. The normalized spacial score (nSPS) is 27.3. The first kappa shape index (κ1) is 13.6. The van der Waals surface area contributed by atoms with Crippen LogP contribution in [-0.2, 0) is 0 Å². The Labute approximate surface area is 118 Å². The predicted octanol–water partition coefficient (Wildman–Crippen LogP) is 1.86. The van der Waals surface area contributed by atoms with E-state index in [0.717, 1.165) is 19.1 Å². The molecule has 3 rings (SSSR count). The van der Waals surface area contributed by atoms with Gasteiger partial charge in [-0.25, -0.2) is 0 Å². The van der Waals surface area contributed by atoms with Gasteiger partial charge in [-0.1, -0.05) is 12.0 Å². The van der Waals surface area contributed by atoms with E-state index < -0.39 is 0 Å². The second kappa shape index (κ2) is 6.38. The standard InChI is InChI=1S/C16H29N3/c1-14(15-11-17-12-15)13-18-9-5-16(6-10-18)19-7-3-2-4-8-19/h16-17H,2-13H2,1H3. The average Bonchev–Trinajstić information content (AvgIpc) is 2.38. The van der Waals surface area contributed by atoms with Crippen molar-refractivity contribution < 1.29 is 0 Å². The molecule has 0 bridgehead atoms. The monoisotopic (exact) mass is 263 g/mol. The fourth-order valence-corrected chi connectivity index (χ4v) is 3.73. The fourth-order valence-electron chi connectivity index (χ4n) is 3.73. The molecule has 1 N–H and O–H groups in total. The molecule has 3 heterocycles. The van der Waals surface area contributed by atoms with Gasteiger partial charge in [0.25, 0.3) is 0 Å². The highest BCUT2D eigenvalue weighted by Gasteiger charge is 2.25. The van der Waals surface area contributed by atoms with Gasteiger partial charge in [0.1, 0.15) is 0 Å². The summed E-state index contributed by atoms with van der Waals surface area (Å²) in [5.41, 5.74) is 3.27. The second-order valence-corrected chi connectivity index (χ2v) is 6.59. The third kappa shape index (κ3) is 3.39. The molecule has 0 saturated carbocycles. The van der Waals surface area contributed by atoms with E-state index in [9.17, 15) is 0 Å². The summed E-state index contributed by atoms with van der Waals surface area (Å²) < 4.78 is 0. The van der Waals surface area contributed by atoms with Crippen molar-refractivity contribution in [1.82, 2.24) is 15.1 Å². The molecule has 19 heavy (non-hydrogen) atoms. The van der Waals surface area contributed by atoms with Crippen LogP contribution in [0.4, 0.5) is 0 Å². The number of likely N-dealkylation sites (tertiary alicyclic amines) is 2. The lowest BCUT2D eigenvalue weighted by Crippen LogP contribution is -2.47. The summed E-state index contributed by atoms with van der Waals surface area (Å²) in [5.74, 6) is 0. The van der Waals surface area contributed by atoms with E-state index in [1.165, 1.54) is 64.8 Å². The lowest BCUT2D eigenvalue weighted by molar-refractivity contribution is 0.0962. The molecule has 3 saturated heterocycles. The van der Waals surface area contributed by atoms with Crippen LogP contribution in [0.1, 0.15) is 39.0 Å². The minimum Gasteiger partial charge on any atom is -0.309 e. The zero-order valence-electron chi connectivity index (χ0n) is 12.5. The Kier molecular flexibility index (Phi) is 4.57. The molecule has 0 aliphatic carbocycles. The maximum Gasteiger partial charge on any atom is 0.0193 e. The van der Waals surface area contributed by atoms with Gasteiger partial charge in [-0.05, 0) is 64.4 Å². The zero-order chi connectivity index (χ0) is 13.1. The van der Waals surface area contributed by atoms with Crippen LogP contribution >= 0.6 is 0 Å². The molecule has 0 radical (unpaired) electrons. The molecule has 0 aromatic carbocycles. The first-order valence-corrected chi connectivity index (χ1v) is 8.17. The summed E-state index contributed by atoms with van der Waals surface area (Å²) >= 11 is 0. The summed E-state index contributed by atoms with van der Waals surface area (Å²) in [6, 6.07) is 0.884. The molecular weight excluding hydrogens is 234 g/mol. The van der Waals surface area contributed by atoms with E-state index in [2.05, 4.69) is 22.0 Å². The number of rotatable bonds is 3. The molecule has 0 aromatic heterocycles. The Bertz CT molecular complexity index is 317. The van der Waals surface area contributed by atoms with Crippen LogP contribution in [0.25, 0.3) is 0 Å². The maximum atomic E-state index is 3.35. The number of hydrogen-bond donors (Lipinski definition) is 1. The van der Waals surface area contributed by atoms with E-state index in [0.29, 0.717) is 0 Å². The van der Waals surface area contributed by atoms with E-state index in [1.807, 2.05) is 0 Å². The van der Waals surface area contributed by atoms with Crippen LogP contribution in [-0.4, -0.2) is 61.7 Å². The third-order valence-corrected chi connectivity index (χ3v) is 5.21. The van der Waals surface area contributed by atoms with Gasteiger partial charge < -0.3 is 10.2 Å². The molecule has 0 spiro atoms. The van der Waals surface area contributed by atoms with Gasteiger partial charge in [0.05, 0.1) is 0 Å². The minimum absolute atomic E-state index is 0.884. The quantitative estimate of drug-likeness (QED) is 0.784.